The number of carbonyl (C=O) groups excluding carboxylic acids is 2. The predicted molar refractivity (Wildman–Crippen MR) is 118 cm³/mol. The van der Waals surface area contributed by atoms with Gasteiger partial charge in [-0.15, -0.1) is 0 Å². The van der Waals surface area contributed by atoms with E-state index in [1.807, 2.05) is 30.3 Å². The number of amidine groups is 1. The lowest BCUT2D eigenvalue weighted by Gasteiger charge is -2.23. The molecule has 1 unspecified atom stereocenters. The van der Waals surface area contributed by atoms with Crippen LogP contribution < -0.4 is 10.6 Å². The van der Waals surface area contributed by atoms with Crippen LogP contribution in [0.25, 0.3) is 0 Å². The van der Waals surface area contributed by atoms with E-state index >= 15 is 0 Å². The van der Waals surface area contributed by atoms with Gasteiger partial charge in [-0.1, -0.05) is 62.4 Å². The highest BCUT2D eigenvalue weighted by atomic mass is 16.5. The molecule has 3 rings (SSSR count). The van der Waals surface area contributed by atoms with Crippen LogP contribution in [0.3, 0.4) is 0 Å². The van der Waals surface area contributed by atoms with E-state index in [4.69, 9.17) is 4.74 Å². The summed E-state index contributed by atoms with van der Waals surface area (Å²) in [6, 6.07) is 10.8. The van der Waals surface area contributed by atoms with Gasteiger partial charge in [-0.25, -0.2) is 4.79 Å². The second-order valence-corrected chi connectivity index (χ2v) is 8.47. The predicted octanol–water partition coefficient (Wildman–Crippen LogP) is 4.08. The summed E-state index contributed by atoms with van der Waals surface area (Å²) in [5, 5.41) is 15.0. The second kappa shape index (κ2) is 10.9. The minimum atomic E-state index is -0.753. The molecule has 7 heteroatoms. The number of nitrogens with one attached hydrogen (secondary N) is 2. The molecule has 2 N–H and O–H groups in total. The molecule has 0 heterocycles. The molecule has 166 valence electrons. The van der Waals surface area contributed by atoms with Crippen LogP contribution in [0, 0.1) is 17.2 Å². The van der Waals surface area contributed by atoms with Crippen LogP contribution in [0.2, 0.25) is 0 Å². The van der Waals surface area contributed by atoms with Crippen molar-refractivity contribution in [1.82, 2.24) is 10.6 Å². The van der Waals surface area contributed by atoms with Gasteiger partial charge in [0.2, 0.25) is 5.91 Å². The number of hydrogen-bond donors (Lipinski definition) is 2. The van der Waals surface area contributed by atoms with Gasteiger partial charge in [-0.05, 0) is 38.5 Å². The first-order valence-corrected chi connectivity index (χ1v) is 11.4. The summed E-state index contributed by atoms with van der Waals surface area (Å²) >= 11 is 0. The average Bonchev–Trinajstić information content (AvgIpc) is 3.57. The number of aliphatic imine (C=N–C) groups is 1. The fourth-order valence-electron chi connectivity index (χ4n) is 4.03. The second-order valence-electron chi connectivity index (χ2n) is 8.47. The first kappa shape index (κ1) is 22.8. The number of carbonyl (C=O) groups is 2. The van der Waals surface area contributed by atoms with Gasteiger partial charge in [0.05, 0.1) is 12.7 Å². The summed E-state index contributed by atoms with van der Waals surface area (Å²) in [6.45, 7) is 1.97. The van der Waals surface area contributed by atoms with Crippen LogP contribution in [-0.4, -0.2) is 36.0 Å². The third-order valence-electron chi connectivity index (χ3n) is 6.03. The van der Waals surface area contributed by atoms with Crippen molar-refractivity contribution in [2.45, 2.75) is 76.3 Å². The Bertz CT molecular complexity index is 821. The number of amides is 2. The molecule has 2 amide bonds. The Morgan fingerprint density at radius 3 is 2.55 bits per heavy atom. The Kier molecular flexibility index (Phi) is 8.05. The van der Waals surface area contributed by atoms with Gasteiger partial charge in [0.25, 0.3) is 0 Å². The van der Waals surface area contributed by atoms with Crippen molar-refractivity contribution in [1.29, 1.82) is 5.26 Å². The molecule has 2 fully saturated rings. The van der Waals surface area contributed by atoms with Gasteiger partial charge in [-0.3, -0.25) is 15.1 Å². The van der Waals surface area contributed by atoms with Crippen LogP contribution >= 0.6 is 0 Å². The summed E-state index contributed by atoms with van der Waals surface area (Å²) in [6.07, 6.45) is 8.35. The molecule has 2 saturated carbocycles. The van der Waals surface area contributed by atoms with Gasteiger partial charge in [0, 0.05) is 5.56 Å². The average molecular weight is 425 g/mol. The molecule has 2 aliphatic rings. The molecule has 0 saturated heterocycles. The van der Waals surface area contributed by atoms with E-state index in [2.05, 4.69) is 21.7 Å². The van der Waals surface area contributed by atoms with E-state index in [1.54, 1.807) is 6.92 Å². The van der Waals surface area contributed by atoms with Crippen molar-refractivity contribution in [3.8, 4) is 6.07 Å². The molecule has 0 radical (unpaired) electrons. The van der Waals surface area contributed by atoms with Crippen molar-refractivity contribution < 1.29 is 14.3 Å². The van der Waals surface area contributed by atoms with E-state index in [9.17, 15) is 14.9 Å². The van der Waals surface area contributed by atoms with Crippen LogP contribution in [0.4, 0.5) is 4.79 Å². The molecular weight excluding hydrogens is 392 g/mol. The Morgan fingerprint density at radius 2 is 1.94 bits per heavy atom. The Labute approximate surface area is 184 Å². The molecule has 31 heavy (non-hydrogen) atoms. The topological polar surface area (TPSA) is 104 Å². The number of benzene rings is 1. The number of rotatable bonds is 8. The Hall–Kier alpha value is -2.88. The molecule has 7 nitrogen and oxygen atoms in total. The van der Waals surface area contributed by atoms with Gasteiger partial charge >= 0.3 is 6.09 Å². The first-order valence-electron chi connectivity index (χ1n) is 11.4. The van der Waals surface area contributed by atoms with Crippen molar-refractivity contribution in [2.75, 3.05) is 6.61 Å². The van der Waals surface area contributed by atoms with Crippen LogP contribution in [0.1, 0.15) is 70.3 Å². The molecule has 0 spiro atoms. The number of nitriles is 1. The highest BCUT2D eigenvalue weighted by molar-refractivity contribution is 6.07. The molecule has 0 aliphatic heterocycles. The fourth-order valence-corrected chi connectivity index (χ4v) is 4.03. The van der Waals surface area contributed by atoms with E-state index in [0.29, 0.717) is 36.6 Å². The van der Waals surface area contributed by atoms with Gasteiger partial charge in [0.1, 0.15) is 17.4 Å². The number of nitrogens with zero attached hydrogens (tertiary/aromatic N) is 2. The normalized spacial score (nSPS) is 19.0. The van der Waals surface area contributed by atoms with E-state index in [1.165, 1.54) is 32.1 Å². The molecule has 1 atom stereocenters. The zero-order chi connectivity index (χ0) is 22.1. The smallest absolute Gasteiger partial charge is 0.412 e. The zero-order valence-electron chi connectivity index (χ0n) is 18.2. The fraction of sp³-hybridized carbons (Fsp3) is 0.583. The minimum Gasteiger partial charge on any atom is -0.450 e. The van der Waals surface area contributed by atoms with Crippen LogP contribution in [0.15, 0.2) is 35.3 Å². The maximum Gasteiger partial charge on any atom is 0.412 e. The van der Waals surface area contributed by atoms with E-state index in [-0.39, 0.29) is 12.5 Å². The highest BCUT2D eigenvalue weighted by Crippen LogP contribution is 2.35. The van der Waals surface area contributed by atoms with E-state index in [0.717, 1.165) is 6.42 Å². The summed E-state index contributed by atoms with van der Waals surface area (Å²) in [5.74, 6) is 0.655. The molecule has 1 aromatic carbocycles. The molecule has 2 aliphatic carbocycles. The first-order chi connectivity index (χ1) is 15.0. The third-order valence-corrected chi connectivity index (χ3v) is 6.03. The number of hydrogen-bond acceptors (Lipinski definition) is 5. The number of ether oxygens (including phenoxy) is 1. The summed E-state index contributed by atoms with van der Waals surface area (Å²) in [4.78, 5) is 29.9. The highest BCUT2D eigenvalue weighted by Gasteiger charge is 2.45. The van der Waals surface area contributed by atoms with Crippen molar-refractivity contribution in [2.24, 2.45) is 10.9 Å². The summed E-state index contributed by atoms with van der Waals surface area (Å²) < 4.78 is 5.02. The lowest BCUT2D eigenvalue weighted by molar-refractivity contribution is -0.123. The third kappa shape index (κ3) is 6.81. The van der Waals surface area contributed by atoms with Crippen molar-refractivity contribution >= 4 is 17.8 Å². The van der Waals surface area contributed by atoms with Crippen molar-refractivity contribution in [3.05, 3.63) is 35.9 Å². The molecule has 0 aromatic heterocycles. The lowest BCUT2D eigenvalue weighted by atomic mass is 9.85. The largest absolute Gasteiger partial charge is 0.450 e. The Morgan fingerprint density at radius 1 is 1.23 bits per heavy atom. The standard InChI is InChI=1S/C24H32N4O3/c1-2-31-23(30)27-21(19-11-7-4-8-12-19)26-20(14-13-18-9-5-3-6-10-18)22(29)28-24(17-25)15-16-24/h4,7-8,11-12,18,20H,2-3,5-6,9-10,13-16H2,1H3,(H,28,29)(H,26,27,30). The molecule has 1 aromatic rings. The van der Waals surface area contributed by atoms with Gasteiger partial charge in [0.15, 0.2) is 0 Å². The maximum atomic E-state index is 13.1. The monoisotopic (exact) mass is 424 g/mol. The maximum absolute atomic E-state index is 13.1. The molecule has 0 bridgehead atoms. The van der Waals surface area contributed by atoms with E-state index < -0.39 is 17.7 Å². The summed E-state index contributed by atoms with van der Waals surface area (Å²) in [7, 11) is 0. The summed E-state index contributed by atoms with van der Waals surface area (Å²) in [5.41, 5.74) is -0.0515. The van der Waals surface area contributed by atoms with Gasteiger partial charge < -0.3 is 10.1 Å². The molecular formula is C24H32N4O3. The van der Waals surface area contributed by atoms with Crippen LogP contribution in [0.5, 0.6) is 0 Å². The van der Waals surface area contributed by atoms with Crippen LogP contribution in [-0.2, 0) is 9.53 Å². The quantitative estimate of drug-likeness (QED) is 0.485. The zero-order valence-corrected chi connectivity index (χ0v) is 18.2. The number of alkyl carbamates (subject to hydrolysis) is 1. The SMILES string of the molecule is CCOC(=O)NC(=NC(CCC1CCCCC1)C(=O)NC1(C#N)CC1)c1ccccc1. The van der Waals surface area contributed by atoms with Gasteiger partial charge in [-0.2, -0.15) is 5.26 Å². The lowest BCUT2D eigenvalue weighted by Crippen LogP contribution is -2.43. The van der Waals surface area contributed by atoms with Crippen molar-refractivity contribution in [3.63, 3.8) is 0 Å². The minimum absolute atomic E-state index is 0.240. The Balaban J connectivity index is 1.81.